The molecule has 1 aliphatic rings. The van der Waals surface area contributed by atoms with Crippen LogP contribution in [0.5, 0.6) is 0 Å². The first-order valence-electron chi connectivity index (χ1n) is 7.42. The van der Waals surface area contributed by atoms with Crippen LogP contribution in [-0.4, -0.2) is 30.4 Å². The fourth-order valence-electron chi connectivity index (χ4n) is 1.60. The first kappa shape index (κ1) is 9.95. The Labute approximate surface area is 113 Å². The predicted molar refractivity (Wildman–Crippen MR) is 70.7 cm³/mol. The summed E-state index contributed by atoms with van der Waals surface area (Å²) in [6, 6.07) is -0.155. The van der Waals surface area contributed by atoms with Crippen LogP contribution in [0.2, 0.25) is 0 Å². The molecule has 2 heterocycles. The second-order valence-corrected chi connectivity index (χ2v) is 5.36. The molecule has 4 nitrogen and oxygen atoms in total. The zero-order valence-corrected chi connectivity index (χ0v) is 11.5. The van der Waals surface area contributed by atoms with Gasteiger partial charge in [0, 0.05) is 18.7 Å². The number of pyridine rings is 1. The molecule has 1 fully saturated rings. The summed E-state index contributed by atoms with van der Waals surface area (Å²) < 4.78 is 40.7. The van der Waals surface area contributed by atoms with Gasteiger partial charge >= 0.3 is 7.12 Å². The van der Waals surface area contributed by atoms with Crippen molar-refractivity contribution in [3.05, 3.63) is 24.0 Å². The minimum atomic E-state index is -0.858. The van der Waals surface area contributed by atoms with Crippen molar-refractivity contribution in [3.63, 3.8) is 0 Å². The van der Waals surface area contributed by atoms with E-state index in [4.69, 9.17) is 18.2 Å². The Hall–Kier alpha value is -0.905. The number of hydrogen-bond donors (Lipinski definition) is 0. The second kappa shape index (κ2) is 4.65. The summed E-state index contributed by atoms with van der Waals surface area (Å²) in [5.74, 6) is 0. The van der Waals surface area contributed by atoms with Gasteiger partial charge in [-0.3, -0.25) is 4.98 Å². The Morgan fingerprint density at radius 3 is 2.44 bits per heavy atom. The van der Waals surface area contributed by atoms with Crippen LogP contribution < -0.4 is 5.46 Å². The van der Waals surface area contributed by atoms with Crippen LogP contribution in [-0.2, 0) is 20.7 Å². The molecular formula is C13H20BNO3. The minimum absolute atomic E-state index is 0.0578. The van der Waals surface area contributed by atoms with Gasteiger partial charge in [0.1, 0.15) is 0 Å². The van der Waals surface area contributed by atoms with Gasteiger partial charge in [-0.1, -0.05) is 6.04 Å². The molecule has 98 valence electrons. The van der Waals surface area contributed by atoms with Gasteiger partial charge in [-0.2, -0.15) is 0 Å². The van der Waals surface area contributed by atoms with Crippen LogP contribution in [0, 0.1) is 0 Å². The molecule has 0 unspecified atom stereocenters. The summed E-state index contributed by atoms with van der Waals surface area (Å²) in [5, 5.41) is 0. The average Bonchev–Trinajstić information content (AvgIpc) is 2.55. The van der Waals surface area contributed by atoms with Crippen LogP contribution in [0.1, 0.15) is 37.5 Å². The maximum absolute atomic E-state index is 8.12. The van der Waals surface area contributed by atoms with Crippen molar-refractivity contribution in [2.45, 2.75) is 45.5 Å². The van der Waals surface area contributed by atoms with Gasteiger partial charge < -0.3 is 14.0 Å². The van der Waals surface area contributed by atoms with E-state index >= 15 is 0 Å². The Morgan fingerprint density at radius 2 is 1.89 bits per heavy atom. The van der Waals surface area contributed by atoms with Crippen molar-refractivity contribution in [2.75, 3.05) is 7.11 Å². The molecule has 0 amide bonds. The lowest BCUT2D eigenvalue weighted by molar-refractivity contribution is 0.00578. The Kier molecular flexibility index (Phi) is 2.57. The van der Waals surface area contributed by atoms with Crippen molar-refractivity contribution in [3.8, 4) is 0 Å². The zero-order valence-electron chi connectivity index (χ0n) is 14.5. The van der Waals surface area contributed by atoms with E-state index in [9.17, 15) is 0 Å². The first-order chi connectivity index (χ1) is 9.60. The van der Waals surface area contributed by atoms with E-state index < -0.39 is 18.3 Å². The number of rotatable bonds is 3. The third-order valence-electron chi connectivity index (χ3n) is 3.42. The Bertz CT molecular complexity index is 550. The largest absolute Gasteiger partial charge is 0.496 e. The maximum Gasteiger partial charge on any atom is 0.496 e. The molecular weight excluding hydrogens is 229 g/mol. The lowest BCUT2D eigenvalue weighted by Gasteiger charge is -2.32. The van der Waals surface area contributed by atoms with Crippen LogP contribution in [0.25, 0.3) is 0 Å². The van der Waals surface area contributed by atoms with E-state index in [1.54, 1.807) is 0 Å². The fraction of sp³-hybridized carbons (Fsp3) is 0.615. The van der Waals surface area contributed by atoms with Crippen LogP contribution in [0.15, 0.2) is 18.3 Å². The standard InChI is InChI=1S/C13H20BNO3/c1-12(2)13(3,4)18-14(17-12)10-6-7-11(9-16-5)15-8-10/h6-8H,9H2,1-5H3/i6D,7D,8D. The van der Waals surface area contributed by atoms with Crippen LogP contribution in [0.4, 0.5) is 0 Å². The van der Waals surface area contributed by atoms with Gasteiger partial charge in [0.15, 0.2) is 0 Å². The van der Waals surface area contributed by atoms with Gasteiger partial charge in [-0.05, 0) is 33.7 Å². The summed E-state index contributed by atoms with van der Waals surface area (Å²) in [6.45, 7) is 7.69. The summed E-state index contributed by atoms with van der Waals surface area (Å²) in [5.41, 5.74) is -0.667. The highest BCUT2D eigenvalue weighted by molar-refractivity contribution is 6.62. The van der Waals surface area contributed by atoms with Gasteiger partial charge in [-0.15, -0.1) is 0 Å². The SMILES string of the molecule is [2H]c1nc(COC)c([2H])c([2H])c1B1OC(C)(C)C(C)(C)O1. The lowest BCUT2D eigenvalue weighted by atomic mass is 9.80. The van der Waals surface area contributed by atoms with Crippen molar-refractivity contribution in [1.82, 2.24) is 4.98 Å². The van der Waals surface area contributed by atoms with Crippen molar-refractivity contribution in [2.24, 2.45) is 0 Å². The van der Waals surface area contributed by atoms with Crippen LogP contribution in [0.3, 0.4) is 0 Å². The molecule has 0 radical (unpaired) electrons. The first-order valence-corrected chi connectivity index (χ1v) is 5.92. The molecule has 0 atom stereocenters. The number of ether oxygens (including phenoxy) is 1. The quantitative estimate of drug-likeness (QED) is 0.765. The number of methoxy groups -OCH3 is 1. The molecule has 1 aromatic heterocycles. The minimum Gasteiger partial charge on any atom is -0.399 e. The normalized spacial score (nSPS) is 23.6. The molecule has 1 aliphatic heterocycles. The Balaban J connectivity index is 2.45. The van der Waals surface area contributed by atoms with E-state index in [1.807, 2.05) is 27.7 Å². The third kappa shape index (κ3) is 2.43. The molecule has 18 heavy (non-hydrogen) atoms. The molecule has 0 bridgehead atoms. The van der Waals surface area contributed by atoms with Gasteiger partial charge in [-0.25, -0.2) is 0 Å². The summed E-state index contributed by atoms with van der Waals surface area (Å²) in [7, 11) is 0.624. The monoisotopic (exact) mass is 252 g/mol. The van der Waals surface area contributed by atoms with E-state index in [0.717, 1.165) is 0 Å². The molecule has 2 rings (SSSR count). The predicted octanol–water partition coefficient (Wildman–Crippen LogP) is 1.53. The van der Waals surface area contributed by atoms with E-state index in [1.165, 1.54) is 7.11 Å². The zero-order chi connectivity index (χ0) is 16.0. The molecule has 0 N–H and O–H groups in total. The summed E-state index contributed by atoms with van der Waals surface area (Å²) in [6.07, 6.45) is -0.110. The Morgan fingerprint density at radius 1 is 1.28 bits per heavy atom. The average molecular weight is 252 g/mol. The van der Waals surface area contributed by atoms with E-state index in [2.05, 4.69) is 4.98 Å². The lowest BCUT2D eigenvalue weighted by Crippen LogP contribution is -2.41. The highest BCUT2D eigenvalue weighted by atomic mass is 16.7. The van der Waals surface area contributed by atoms with E-state index in [-0.39, 0.29) is 36.0 Å². The number of aromatic nitrogens is 1. The molecule has 0 spiro atoms. The third-order valence-corrected chi connectivity index (χ3v) is 3.42. The number of nitrogens with zero attached hydrogens (tertiary/aromatic N) is 1. The maximum atomic E-state index is 8.12. The smallest absolute Gasteiger partial charge is 0.399 e. The topological polar surface area (TPSA) is 40.6 Å². The van der Waals surface area contributed by atoms with Crippen molar-refractivity contribution in [1.29, 1.82) is 0 Å². The van der Waals surface area contributed by atoms with Gasteiger partial charge in [0.05, 0.1) is 27.6 Å². The molecule has 0 saturated carbocycles. The van der Waals surface area contributed by atoms with Crippen molar-refractivity contribution < 1.29 is 18.2 Å². The van der Waals surface area contributed by atoms with Crippen LogP contribution >= 0.6 is 0 Å². The van der Waals surface area contributed by atoms with Crippen molar-refractivity contribution >= 4 is 12.6 Å². The van der Waals surface area contributed by atoms with Gasteiger partial charge in [0.25, 0.3) is 0 Å². The summed E-state index contributed by atoms with van der Waals surface area (Å²) in [4.78, 5) is 4.04. The fourth-order valence-corrected chi connectivity index (χ4v) is 1.60. The molecule has 5 heteroatoms. The summed E-state index contributed by atoms with van der Waals surface area (Å²) >= 11 is 0. The highest BCUT2D eigenvalue weighted by Gasteiger charge is 2.51. The molecule has 0 aromatic carbocycles. The second-order valence-electron chi connectivity index (χ2n) is 5.36. The molecule has 1 saturated heterocycles. The number of hydrogen-bond acceptors (Lipinski definition) is 4. The highest BCUT2D eigenvalue weighted by Crippen LogP contribution is 2.36. The van der Waals surface area contributed by atoms with E-state index in [0.29, 0.717) is 0 Å². The van der Waals surface area contributed by atoms with Gasteiger partial charge in [0.2, 0.25) is 0 Å². The molecule has 1 aromatic rings. The molecule has 0 aliphatic carbocycles.